The number of benzene rings is 1. The number of carbonyl (C=O) groups excluding carboxylic acids is 1. The van der Waals surface area contributed by atoms with E-state index in [9.17, 15) is 4.79 Å². The van der Waals surface area contributed by atoms with Crippen LogP contribution in [-0.2, 0) is 0 Å². The number of carbonyl (C=O) groups is 1. The largest absolute Gasteiger partial charge is 0.324 e. The zero-order valence-corrected chi connectivity index (χ0v) is 10.2. The van der Waals surface area contributed by atoms with E-state index in [1.807, 2.05) is 19.1 Å². The van der Waals surface area contributed by atoms with Gasteiger partial charge < -0.3 is 10.2 Å². The summed E-state index contributed by atoms with van der Waals surface area (Å²) in [6.45, 7) is 5.97. The summed E-state index contributed by atoms with van der Waals surface area (Å²) in [6.07, 6.45) is 1.67. The van der Waals surface area contributed by atoms with E-state index in [-0.39, 0.29) is 6.03 Å². The van der Waals surface area contributed by atoms with Gasteiger partial charge in [0.1, 0.15) is 0 Å². The van der Waals surface area contributed by atoms with Crippen LogP contribution in [-0.4, -0.2) is 24.5 Å². The molecule has 1 aromatic rings. The molecule has 1 N–H and O–H groups in total. The molecule has 0 radical (unpaired) electrons. The highest BCUT2D eigenvalue weighted by Gasteiger charge is 2.10. The van der Waals surface area contributed by atoms with Gasteiger partial charge in [-0.1, -0.05) is 29.8 Å². The average Bonchev–Trinajstić information content (AvgIpc) is 2.23. The van der Waals surface area contributed by atoms with E-state index in [0.717, 1.165) is 5.56 Å². The van der Waals surface area contributed by atoms with Gasteiger partial charge >= 0.3 is 6.03 Å². The van der Waals surface area contributed by atoms with Gasteiger partial charge in [0.15, 0.2) is 0 Å². The fraction of sp³-hybridized carbons (Fsp3) is 0.250. The van der Waals surface area contributed by atoms with Crippen LogP contribution < -0.4 is 5.32 Å². The highest BCUT2D eigenvalue weighted by atomic mass is 35.5. The first kappa shape index (κ1) is 12.6. The van der Waals surface area contributed by atoms with Gasteiger partial charge in [-0.2, -0.15) is 0 Å². The number of rotatable bonds is 3. The molecule has 0 fully saturated rings. The molecular weight excluding hydrogens is 224 g/mol. The maximum absolute atomic E-state index is 11.7. The second-order valence-electron chi connectivity index (χ2n) is 3.53. The zero-order valence-electron chi connectivity index (χ0n) is 9.46. The summed E-state index contributed by atoms with van der Waals surface area (Å²) < 4.78 is 0. The molecule has 0 aromatic heterocycles. The molecule has 1 aromatic carbocycles. The number of likely N-dealkylation sites (N-methyl/N-ethyl adjacent to an activating group) is 1. The Kier molecular flexibility index (Phi) is 4.38. The minimum atomic E-state index is -0.198. The first-order valence-corrected chi connectivity index (χ1v) is 5.32. The first-order valence-electron chi connectivity index (χ1n) is 4.94. The SMILES string of the molecule is C=CCN(C)C(=O)Nc1c(C)cccc1Cl. The number of nitrogens with zero attached hydrogens (tertiary/aromatic N) is 1. The topological polar surface area (TPSA) is 32.3 Å². The molecular formula is C12H15ClN2O. The van der Waals surface area contributed by atoms with Crippen molar-refractivity contribution in [1.82, 2.24) is 4.90 Å². The molecule has 0 bridgehead atoms. The van der Waals surface area contributed by atoms with Crippen LogP contribution in [0.2, 0.25) is 5.02 Å². The van der Waals surface area contributed by atoms with Crippen molar-refractivity contribution in [2.24, 2.45) is 0 Å². The number of halogens is 1. The summed E-state index contributed by atoms with van der Waals surface area (Å²) >= 11 is 6.00. The van der Waals surface area contributed by atoms with Crippen LogP contribution in [0.1, 0.15) is 5.56 Å². The van der Waals surface area contributed by atoms with Crippen molar-refractivity contribution in [2.75, 3.05) is 18.9 Å². The Morgan fingerprint density at radius 2 is 2.31 bits per heavy atom. The molecule has 0 saturated heterocycles. The second kappa shape index (κ2) is 5.56. The number of nitrogens with one attached hydrogen (secondary N) is 1. The molecule has 0 unspecified atom stereocenters. The lowest BCUT2D eigenvalue weighted by atomic mass is 10.2. The number of amides is 2. The van der Waals surface area contributed by atoms with Gasteiger partial charge in [0.2, 0.25) is 0 Å². The number of aryl methyl sites for hydroxylation is 1. The first-order chi connectivity index (χ1) is 7.56. The van der Waals surface area contributed by atoms with Crippen LogP contribution in [0.5, 0.6) is 0 Å². The predicted molar refractivity (Wildman–Crippen MR) is 68.0 cm³/mol. The zero-order chi connectivity index (χ0) is 12.1. The summed E-state index contributed by atoms with van der Waals surface area (Å²) in [5.41, 5.74) is 1.60. The van der Waals surface area contributed by atoms with Gasteiger partial charge in [0, 0.05) is 13.6 Å². The van der Waals surface area contributed by atoms with Crippen molar-refractivity contribution < 1.29 is 4.79 Å². The summed E-state index contributed by atoms with van der Waals surface area (Å²) in [7, 11) is 1.70. The highest BCUT2D eigenvalue weighted by molar-refractivity contribution is 6.33. The van der Waals surface area contributed by atoms with Crippen LogP contribution in [0, 0.1) is 6.92 Å². The van der Waals surface area contributed by atoms with Crippen molar-refractivity contribution in [2.45, 2.75) is 6.92 Å². The lowest BCUT2D eigenvalue weighted by Crippen LogP contribution is -2.31. The lowest BCUT2D eigenvalue weighted by Gasteiger charge is -2.17. The Morgan fingerprint density at radius 3 is 2.88 bits per heavy atom. The number of anilines is 1. The van der Waals surface area contributed by atoms with Crippen molar-refractivity contribution in [1.29, 1.82) is 0 Å². The number of para-hydroxylation sites is 1. The summed E-state index contributed by atoms with van der Waals surface area (Å²) in [6, 6.07) is 5.30. The Labute approximate surface area is 101 Å². The Morgan fingerprint density at radius 1 is 1.62 bits per heavy atom. The van der Waals surface area contributed by atoms with Crippen molar-refractivity contribution in [3.63, 3.8) is 0 Å². The number of urea groups is 1. The molecule has 4 heteroatoms. The summed E-state index contributed by atoms with van der Waals surface area (Å²) in [5.74, 6) is 0. The summed E-state index contributed by atoms with van der Waals surface area (Å²) in [5, 5.41) is 3.31. The van der Waals surface area contributed by atoms with Gasteiger partial charge in [-0.15, -0.1) is 6.58 Å². The van der Waals surface area contributed by atoms with E-state index in [2.05, 4.69) is 11.9 Å². The molecule has 3 nitrogen and oxygen atoms in total. The van der Waals surface area contributed by atoms with Gasteiger partial charge in [-0.3, -0.25) is 0 Å². The van der Waals surface area contributed by atoms with E-state index in [4.69, 9.17) is 11.6 Å². The maximum Gasteiger partial charge on any atom is 0.321 e. The van der Waals surface area contributed by atoms with Gasteiger partial charge in [0.25, 0.3) is 0 Å². The number of hydrogen-bond donors (Lipinski definition) is 1. The molecule has 0 atom stereocenters. The van der Waals surface area contributed by atoms with Crippen molar-refractivity contribution in [3.05, 3.63) is 41.4 Å². The highest BCUT2D eigenvalue weighted by Crippen LogP contribution is 2.25. The third-order valence-corrected chi connectivity index (χ3v) is 2.52. The fourth-order valence-electron chi connectivity index (χ4n) is 1.27. The minimum Gasteiger partial charge on any atom is -0.324 e. The van der Waals surface area contributed by atoms with E-state index in [0.29, 0.717) is 17.3 Å². The Balaban J connectivity index is 2.80. The van der Waals surface area contributed by atoms with Crippen LogP contribution in [0.4, 0.5) is 10.5 Å². The fourth-order valence-corrected chi connectivity index (χ4v) is 1.54. The Bertz CT molecular complexity index is 384. The number of hydrogen-bond acceptors (Lipinski definition) is 1. The molecule has 0 saturated carbocycles. The molecule has 16 heavy (non-hydrogen) atoms. The molecule has 1 rings (SSSR count). The van der Waals surface area contributed by atoms with Gasteiger partial charge in [-0.25, -0.2) is 4.79 Å². The molecule has 0 aliphatic heterocycles. The minimum absolute atomic E-state index is 0.198. The van der Waals surface area contributed by atoms with Crippen molar-refractivity contribution in [3.8, 4) is 0 Å². The van der Waals surface area contributed by atoms with E-state index >= 15 is 0 Å². The monoisotopic (exact) mass is 238 g/mol. The summed E-state index contributed by atoms with van der Waals surface area (Å²) in [4.78, 5) is 13.2. The predicted octanol–water partition coefficient (Wildman–Crippen LogP) is 3.30. The van der Waals surface area contributed by atoms with Crippen LogP contribution in [0.15, 0.2) is 30.9 Å². The third kappa shape index (κ3) is 3.00. The van der Waals surface area contributed by atoms with Gasteiger partial charge in [-0.05, 0) is 18.6 Å². The third-order valence-electron chi connectivity index (χ3n) is 2.20. The standard InChI is InChI=1S/C12H15ClN2O/c1-4-8-15(3)12(16)14-11-9(2)6-5-7-10(11)13/h4-7H,1,8H2,2-3H3,(H,14,16). The second-order valence-corrected chi connectivity index (χ2v) is 3.94. The normalized spacial score (nSPS) is 9.69. The average molecular weight is 239 g/mol. The van der Waals surface area contributed by atoms with E-state index < -0.39 is 0 Å². The smallest absolute Gasteiger partial charge is 0.321 e. The lowest BCUT2D eigenvalue weighted by molar-refractivity contribution is 0.226. The maximum atomic E-state index is 11.7. The van der Waals surface area contributed by atoms with Gasteiger partial charge in [0.05, 0.1) is 10.7 Å². The molecule has 0 spiro atoms. The van der Waals surface area contributed by atoms with Crippen LogP contribution >= 0.6 is 11.6 Å². The Hall–Kier alpha value is -1.48. The molecule has 0 aliphatic carbocycles. The van der Waals surface area contributed by atoms with Crippen molar-refractivity contribution >= 4 is 23.3 Å². The molecule has 86 valence electrons. The molecule has 2 amide bonds. The molecule has 0 aliphatic rings. The van der Waals surface area contributed by atoms with E-state index in [1.54, 1.807) is 19.2 Å². The van der Waals surface area contributed by atoms with E-state index in [1.165, 1.54) is 4.90 Å². The quantitative estimate of drug-likeness (QED) is 0.806. The van der Waals surface area contributed by atoms with Crippen LogP contribution in [0.25, 0.3) is 0 Å². The van der Waals surface area contributed by atoms with Crippen LogP contribution in [0.3, 0.4) is 0 Å². The molecule has 0 heterocycles.